The molecule has 0 radical (unpaired) electrons. The van der Waals surface area contributed by atoms with Crippen LogP contribution in [-0.4, -0.2) is 36.2 Å². The van der Waals surface area contributed by atoms with Crippen molar-refractivity contribution in [2.24, 2.45) is 0 Å². The van der Waals surface area contributed by atoms with E-state index in [2.05, 4.69) is 49.0 Å². The minimum atomic E-state index is 0.222. The van der Waals surface area contributed by atoms with Crippen molar-refractivity contribution in [3.8, 4) is 5.75 Å². The summed E-state index contributed by atoms with van der Waals surface area (Å²) in [7, 11) is 0. The Morgan fingerprint density at radius 3 is 2.53 bits per heavy atom. The zero-order valence-electron chi connectivity index (χ0n) is 9.71. The standard InChI is InChI=1S/C12H16Br2N2O/c1-8(16-4-2-15-3-5-16)12-10(14)6-9(13)7-11(12)17/h6-8,15,17H,2-5H2,1H3/t8-/m0/s1. The van der Waals surface area contributed by atoms with Crippen molar-refractivity contribution < 1.29 is 5.11 Å². The normalized spacial score (nSPS) is 19.2. The molecule has 1 aromatic carbocycles. The Morgan fingerprint density at radius 2 is 1.94 bits per heavy atom. The summed E-state index contributed by atoms with van der Waals surface area (Å²) in [5.41, 5.74) is 0.968. The van der Waals surface area contributed by atoms with Gasteiger partial charge in [0.15, 0.2) is 0 Å². The van der Waals surface area contributed by atoms with E-state index in [-0.39, 0.29) is 6.04 Å². The van der Waals surface area contributed by atoms with Crippen LogP contribution in [-0.2, 0) is 0 Å². The van der Waals surface area contributed by atoms with Crippen molar-refractivity contribution >= 4 is 31.9 Å². The van der Waals surface area contributed by atoms with Gasteiger partial charge in [0.05, 0.1) is 0 Å². The summed E-state index contributed by atoms with van der Waals surface area (Å²) in [5.74, 6) is 0.345. The number of phenols is 1. The molecule has 1 fully saturated rings. The van der Waals surface area contributed by atoms with E-state index in [1.54, 1.807) is 6.07 Å². The molecule has 0 saturated carbocycles. The van der Waals surface area contributed by atoms with E-state index in [9.17, 15) is 5.11 Å². The molecule has 1 heterocycles. The molecule has 2 N–H and O–H groups in total. The highest BCUT2D eigenvalue weighted by Gasteiger charge is 2.22. The number of phenolic OH excluding ortho intramolecular Hbond substituents is 1. The number of nitrogens with one attached hydrogen (secondary N) is 1. The summed E-state index contributed by atoms with van der Waals surface area (Å²) in [6.45, 7) is 6.20. The molecule has 3 nitrogen and oxygen atoms in total. The molecule has 0 bridgehead atoms. The second-order valence-corrected chi connectivity index (χ2v) is 6.05. The Balaban J connectivity index is 2.26. The average molecular weight is 364 g/mol. The molecule has 1 saturated heterocycles. The lowest BCUT2D eigenvalue weighted by Crippen LogP contribution is -2.44. The highest BCUT2D eigenvalue weighted by Crippen LogP contribution is 2.37. The van der Waals surface area contributed by atoms with Crippen LogP contribution < -0.4 is 5.32 Å². The number of benzene rings is 1. The predicted molar refractivity (Wildman–Crippen MR) is 76.4 cm³/mol. The summed E-state index contributed by atoms with van der Waals surface area (Å²) in [6.07, 6.45) is 0. The molecule has 0 spiro atoms. The molecule has 5 heteroatoms. The van der Waals surface area contributed by atoms with Crippen molar-refractivity contribution in [2.45, 2.75) is 13.0 Å². The van der Waals surface area contributed by atoms with Crippen LogP contribution >= 0.6 is 31.9 Å². The van der Waals surface area contributed by atoms with Crippen LogP contribution in [0.4, 0.5) is 0 Å². The molecule has 94 valence electrons. The Hall–Kier alpha value is -0.100. The summed E-state index contributed by atoms with van der Waals surface area (Å²) >= 11 is 6.91. The van der Waals surface area contributed by atoms with Gasteiger partial charge in [-0.3, -0.25) is 4.90 Å². The number of hydrogen-bond donors (Lipinski definition) is 2. The van der Waals surface area contributed by atoms with Gasteiger partial charge in [-0.1, -0.05) is 31.9 Å². The third-order valence-electron chi connectivity index (χ3n) is 3.19. The smallest absolute Gasteiger partial charge is 0.122 e. The molecule has 0 aliphatic carbocycles. The monoisotopic (exact) mass is 362 g/mol. The van der Waals surface area contributed by atoms with Crippen molar-refractivity contribution in [1.29, 1.82) is 0 Å². The van der Waals surface area contributed by atoms with Crippen LogP contribution in [0.5, 0.6) is 5.75 Å². The lowest BCUT2D eigenvalue weighted by atomic mass is 10.1. The number of piperazine rings is 1. The number of nitrogens with zero attached hydrogens (tertiary/aromatic N) is 1. The van der Waals surface area contributed by atoms with Crippen molar-refractivity contribution in [2.75, 3.05) is 26.2 Å². The number of rotatable bonds is 2. The van der Waals surface area contributed by atoms with Gasteiger partial charge in [-0.05, 0) is 19.1 Å². The molecule has 0 amide bonds. The maximum Gasteiger partial charge on any atom is 0.122 e. The summed E-state index contributed by atoms with van der Waals surface area (Å²) in [5, 5.41) is 13.4. The maximum absolute atomic E-state index is 10.1. The van der Waals surface area contributed by atoms with E-state index >= 15 is 0 Å². The second-order valence-electron chi connectivity index (χ2n) is 4.28. The second kappa shape index (κ2) is 5.69. The molecule has 0 unspecified atom stereocenters. The average Bonchev–Trinajstić information content (AvgIpc) is 2.28. The van der Waals surface area contributed by atoms with Gasteiger partial charge in [0.2, 0.25) is 0 Å². The zero-order chi connectivity index (χ0) is 12.4. The largest absolute Gasteiger partial charge is 0.508 e. The molecule has 17 heavy (non-hydrogen) atoms. The van der Waals surface area contributed by atoms with E-state index < -0.39 is 0 Å². The maximum atomic E-state index is 10.1. The molecular weight excluding hydrogens is 348 g/mol. The minimum Gasteiger partial charge on any atom is -0.508 e. The molecular formula is C12H16Br2N2O. The molecule has 2 rings (SSSR count). The van der Waals surface area contributed by atoms with E-state index in [0.717, 1.165) is 40.7 Å². The molecule has 1 aromatic rings. The molecule has 1 aliphatic rings. The van der Waals surface area contributed by atoms with Gasteiger partial charge < -0.3 is 10.4 Å². The van der Waals surface area contributed by atoms with Crippen LogP contribution in [0.1, 0.15) is 18.5 Å². The van der Waals surface area contributed by atoms with Crippen LogP contribution in [0.15, 0.2) is 21.1 Å². The topological polar surface area (TPSA) is 35.5 Å². The predicted octanol–water partition coefficient (Wildman–Crippen LogP) is 2.88. The lowest BCUT2D eigenvalue weighted by Gasteiger charge is -2.33. The molecule has 1 atom stereocenters. The first kappa shape index (κ1) is 13.3. The molecule has 0 aromatic heterocycles. The Bertz CT molecular complexity index is 382. The fraction of sp³-hybridized carbons (Fsp3) is 0.500. The Morgan fingerprint density at radius 1 is 1.29 bits per heavy atom. The fourth-order valence-electron chi connectivity index (χ4n) is 2.24. The highest BCUT2D eigenvalue weighted by atomic mass is 79.9. The van der Waals surface area contributed by atoms with Gasteiger partial charge in [0, 0.05) is 46.7 Å². The number of hydrogen-bond acceptors (Lipinski definition) is 3. The third-order valence-corrected chi connectivity index (χ3v) is 4.30. The quantitative estimate of drug-likeness (QED) is 0.848. The van der Waals surface area contributed by atoms with Crippen LogP contribution in [0.2, 0.25) is 0 Å². The van der Waals surface area contributed by atoms with Crippen molar-refractivity contribution in [3.05, 3.63) is 26.6 Å². The van der Waals surface area contributed by atoms with Gasteiger partial charge >= 0.3 is 0 Å². The third kappa shape index (κ3) is 3.02. The van der Waals surface area contributed by atoms with Gasteiger partial charge in [-0.25, -0.2) is 0 Å². The minimum absolute atomic E-state index is 0.222. The zero-order valence-corrected chi connectivity index (χ0v) is 12.9. The first-order valence-electron chi connectivity index (χ1n) is 5.72. The van der Waals surface area contributed by atoms with Crippen LogP contribution in [0.3, 0.4) is 0 Å². The summed E-state index contributed by atoms with van der Waals surface area (Å²) in [6, 6.07) is 3.95. The number of aromatic hydroxyl groups is 1. The van der Waals surface area contributed by atoms with Crippen molar-refractivity contribution in [1.82, 2.24) is 10.2 Å². The first-order chi connectivity index (χ1) is 8.09. The Kier molecular flexibility index (Phi) is 4.47. The molecule has 1 aliphatic heterocycles. The lowest BCUT2D eigenvalue weighted by molar-refractivity contribution is 0.182. The van der Waals surface area contributed by atoms with E-state index in [0.29, 0.717) is 5.75 Å². The first-order valence-corrected chi connectivity index (χ1v) is 7.31. The van der Waals surface area contributed by atoms with Crippen LogP contribution in [0.25, 0.3) is 0 Å². The van der Waals surface area contributed by atoms with Crippen molar-refractivity contribution in [3.63, 3.8) is 0 Å². The van der Waals surface area contributed by atoms with E-state index in [1.807, 2.05) is 6.07 Å². The number of halogens is 2. The van der Waals surface area contributed by atoms with Gasteiger partial charge in [-0.15, -0.1) is 0 Å². The van der Waals surface area contributed by atoms with E-state index in [1.165, 1.54) is 0 Å². The summed E-state index contributed by atoms with van der Waals surface area (Å²) in [4.78, 5) is 2.38. The van der Waals surface area contributed by atoms with Gasteiger partial charge in [0.25, 0.3) is 0 Å². The Labute approximate surface area is 118 Å². The van der Waals surface area contributed by atoms with Crippen LogP contribution in [0, 0.1) is 0 Å². The van der Waals surface area contributed by atoms with Gasteiger partial charge in [-0.2, -0.15) is 0 Å². The SMILES string of the molecule is C[C@@H](c1c(O)cc(Br)cc1Br)N1CCNCC1. The summed E-state index contributed by atoms with van der Waals surface area (Å²) < 4.78 is 1.84. The highest BCUT2D eigenvalue weighted by molar-refractivity contribution is 9.11. The van der Waals surface area contributed by atoms with Gasteiger partial charge in [0.1, 0.15) is 5.75 Å². The fourth-order valence-corrected chi connectivity index (χ4v) is 3.77. The van der Waals surface area contributed by atoms with E-state index in [4.69, 9.17) is 0 Å².